The molecule has 6 heteroatoms. The zero-order chi connectivity index (χ0) is 17.7. The lowest BCUT2D eigenvalue weighted by Crippen LogP contribution is -2.31. The fraction of sp³-hybridized carbons (Fsp3) is 0.222. The molecule has 0 unspecified atom stereocenters. The fourth-order valence-electron chi connectivity index (χ4n) is 2.12. The number of rotatable bonds is 5. The normalized spacial score (nSPS) is 11.7. The summed E-state index contributed by atoms with van der Waals surface area (Å²) >= 11 is 0. The van der Waals surface area contributed by atoms with Crippen LogP contribution in [0.2, 0.25) is 0 Å². The summed E-state index contributed by atoms with van der Waals surface area (Å²) in [6.07, 6.45) is 0. The van der Waals surface area contributed by atoms with E-state index in [4.69, 9.17) is 4.74 Å². The first-order valence-corrected chi connectivity index (χ1v) is 7.35. The highest BCUT2D eigenvalue weighted by Gasteiger charge is 2.16. The Bertz CT molecular complexity index is 744. The summed E-state index contributed by atoms with van der Waals surface area (Å²) in [4.78, 5) is 23.6. The molecule has 1 atom stereocenters. The van der Waals surface area contributed by atoms with Crippen LogP contribution in [-0.2, 0) is 9.53 Å². The van der Waals surface area contributed by atoms with Gasteiger partial charge in [0.2, 0.25) is 0 Å². The largest absolute Gasteiger partial charge is 0.452 e. The number of aryl methyl sites for hydroxylation is 1. The second kappa shape index (κ2) is 7.68. The molecule has 1 amide bonds. The Morgan fingerprint density at radius 2 is 1.79 bits per heavy atom. The van der Waals surface area contributed by atoms with Crippen molar-refractivity contribution in [2.24, 2.45) is 0 Å². The zero-order valence-electron chi connectivity index (χ0n) is 13.3. The van der Waals surface area contributed by atoms with Crippen molar-refractivity contribution in [1.82, 2.24) is 5.32 Å². The van der Waals surface area contributed by atoms with Crippen LogP contribution in [0.3, 0.4) is 0 Å². The van der Waals surface area contributed by atoms with Crippen molar-refractivity contribution in [3.05, 3.63) is 70.8 Å². The monoisotopic (exact) mass is 333 g/mol. The summed E-state index contributed by atoms with van der Waals surface area (Å²) in [6.45, 7) is 2.95. The van der Waals surface area contributed by atoms with Crippen molar-refractivity contribution in [1.29, 1.82) is 0 Å². The lowest BCUT2D eigenvalue weighted by molar-refractivity contribution is -0.124. The van der Waals surface area contributed by atoms with E-state index in [2.05, 4.69) is 5.32 Å². The van der Waals surface area contributed by atoms with Gasteiger partial charge in [-0.1, -0.05) is 23.8 Å². The molecule has 0 heterocycles. The Kier molecular flexibility index (Phi) is 5.63. The second-order valence-corrected chi connectivity index (χ2v) is 5.40. The van der Waals surface area contributed by atoms with Gasteiger partial charge in [-0.15, -0.1) is 0 Å². The number of amides is 1. The molecule has 2 rings (SSSR count). The number of carbonyl (C=O) groups is 2. The maximum absolute atomic E-state index is 13.6. The molecule has 1 N–H and O–H groups in total. The predicted molar refractivity (Wildman–Crippen MR) is 84.4 cm³/mol. The van der Waals surface area contributed by atoms with Gasteiger partial charge in [-0.3, -0.25) is 4.79 Å². The van der Waals surface area contributed by atoms with Gasteiger partial charge < -0.3 is 10.1 Å². The van der Waals surface area contributed by atoms with E-state index in [1.54, 1.807) is 31.2 Å². The third-order valence-corrected chi connectivity index (χ3v) is 3.43. The topological polar surface area (TPSA) is 55.4 Å². The van der Waals surface area contributed by atoms with E-state index in [0.29, 0.717) is 5.56 Å². The average Bonchev–Trinajstić information content (AvgIpc) is 2.53. The third-order valence-electron chi connectivity index (χ3n) is 3.43. The van der Waals surface area contributed by atoms with Gasteiger partial charge in [0, 0.05) is 11.6 Å². The van der Waals surface area contributed by atoms with E-state index >= 15 is 0 Å². The van der Waals surface area contributed by atoms with Gasteiger partial charge in [-0.2, -0.15) is 0 Å². The smallest absolute Gasteiger partial charge is 0.338 e. The van der Waals surface area contributed by atoms with Crippen molar-refractivity contribution >= 4 is 11.9 Å². The Hall–Kier alpha value is -2.76. The number of nitrogens with one attached hydrogen (secondary N) is 1. The molecule has 0 saturated heterocycles. The molecule has 126 valence electrons. The van der Waals surface area contributed by atoms with Gasteiger partial charge in [0.05, 0.1) is 11.6 Å². The van der Waals surface area contributed by atoms with E-state index in [-0.39, 0.29) is 5.56 Å². The molecule has 0 aliphatic heterocycles. The first-order chi connectivity index (χ1) is 11.4. The first kappa shape index (κ1) is 17.6. The molecule has 0 fully saturated rings. The number of hydrogen-bond donors (Lipinski definition) is 1. The molecule has 0 aliphatic carbocycles. The molecule has 0 radical (unpaired) electrons. The van der Waals surface area contributed by atoms with Crippen LogP contribution in [0.1, 0.15) is 34.5 Å². The maximum Gasteiger partial charge on any atom is 0.338 e. The first-order valence-electron chi connectivity index (χ1n) is 7.35. The summed E-state index contributed by atoms with van der Waals surface area (Å²) in [5, 5.41) is 2.49. The van der Waals surface area contributed by atoms with Crippen LogP contribution < -0.4 is 5.32 Å². The van der Waals surface area contributed by atoms with Crippen molar-refractivity contribution < 1.29 is 23.1 Å². The molecule has 24 heavy (non-hydrogen) atoms. The summed E-state index contributed by atoms with van der Waals surface area (Å²) < 4.78 is 31.4. The SMILES string of the molecule is Cc1ccc(C(=O)OCC(=O)N[C@@H](C)c2ccc(F)cc2F)cc1. The zero-order valence-corrected chi connectivity index (χ0v) is 13.3. The van der Waals surface area contributed by atoms with Crippen LogP contribution in [0.4, 0.5) is 8.78 Å². The van der Waals surface area contributed by atoms with Crippen LogP contribution in [0, 0.1) is 18.6 Å². The predicted octanol–water partition coefficient (Wildman–Crippen LogP) is 3.31. The summed E-state index contributed by atoms with van der Waals surface area (Å²) in [5.74, 6) is -2.64. The van der Waals surface area contributed by atoms with Crippen LogP contribution in [0.5, 0.6) is 0 Å². The number of benzene rings is 2. The minimum Gasteiger partial charge on any atom is -0.452 e. The molecule has 0 aliphatic rings. The summed E-state index contributed by atoms with van der Waals surface area (Å²) in [6, 6.07) is 9.16. The van der Waals surface area contributed by atoms with Gasteiger partial charge in [-0.25, -0.2) is 13.6 Å². The number of hydrogen-bond acceptors (Lipinski definition) is 3. The Morgan fingerprint density at radius 3 is 2.42 bits per heavy atom. The Morgan fingerprint density at radius 1 is 1.12 bits per heavy atom. The maximum atomic E-state index is 13.6. The molecule has 2 aromatic rings. The van der Waals surface area contributed by atoms with Crippen molar-refractivity contribution in [2.45, 2.75) is 19.9 Å². The number of esters is 1. The molecule has 2 aromatic carbocycles. The van der Waals surface area contributed by atoms with E-state index in [0.717, 1.165) is 17.7 Å². The molecule has 4 nitrogen and oxygen atoms in total. The highest BCUT2D eigenvalue weighted by Crippen LogP contribution is 2.17. The molecular weight excluding hydrogens is 316 g/mol. The highest BCUT2D eigenvalue weighted by atomic mass is 19.1. The molecule has 0 saturated carbocycles. The quantitative estimate of drug-likeness (QED) is 0.854. The van der Waals surface area contributed by atoms with Gasteiger partial charge in [0.25, 0.3) is 5.91 Å². The van der Waals surface area contributed by atoms with Crippen molar-refractivity contribution in [2.75, 3.05) is 6.61 Å². The second-order valence-electron chi connectivity index (χ2n) is 5.40. The summed E-state index contributed by atoms with van der Waals surface area (Å²) in [7, 11) is 0. The lowest BCUT2D eigenvalue weighted by Gasteiger charge is -2.15. The van der Waals surface area contributed by atoms with Crippen molar-refractivity contribution in [3.8, 4) is 0 Å². The fourth-order valence-corrected chi connectivity index (χ4v) is 2.12. The number of carbonyl (C=O) groups excluding carboxylic acids is 2. The van der Waals surface area contributed by atoms with Gasteiger partial charge in [-0.05, 0) is 32.0 Å². The minimum absolute atomic E-state index is 0.148. The van der Waals surface area contributed by atoms with Crippen LogP contribution >= 0.6 is 0 Å². The van der Waals surface area contributed by atoms with Gasteiger partial charge in [0.1, 0.15) is 11.6 Å². The third kappa shape index (κ3) is 4.62. The van der Waals surface area contributed by atoms with E-state index in [9.17, 15) is 18.4 Å². The average molecular weight is 333 g/mol. The Labute approximate surface area is 138 Å². The van der Waals surface area contributed by atoms with Gasteiger partial charge >= 0.3 is 5.97 Å². The lowest BCUT2D eigenvalue weighted by atomic mass is 10.1. The molecular formula is C18H17F2NO3. The summed E-state index contributed by atoms with van der Waals surface area (Å²) in [5.41, 5.74) is 1.49. The standard InChI is InChI=1S/C18H17F2NO3/c1-11-3-5-13(6-4-11)18(23)24-10-17(22)21-12(2)15-8-7-14(19)9-16(15)20/h3-9,12H,10H2,1-2H3,(H,21,22)/t12-/m0/s1. The molecule has 0 bridgehead atoms. The molecule has 0 aromatic heterocycles. The van der Waals surface area contributed by atoms with E-state index in [1.807, 2.05) is 6.92 Å². The highest BCUT2D eigenvalue weighted by molar-refractivity contribution is 5.91. The Balaban J connectivity index is 1.88. The van der Waals surface area contributed by atoms with E-state index in [1.165, 1.54) is 6.07 Å². The van der Waals surface area contributed by atoms with Gasteiger partial charge in [0.15, 0.2) is 6.61 Å². The van der Waals surface area contributed by atoms with Crippen LogP contribution in [0.15, 0.2) is 42.5 Å². The number of halogens is 2. The van der Waals surface area contributed by atoms with E-state index < -0.39 is 36.2 Å². The molecule has 0 spiro atoms. The minimum atomic E-state index is -0.751. The van der Waals surface area contributed by atoms with Crippen LogP contribution in [0.25, 0.3) is 0 Å². The van der Waals surface area contributed by atoms with Crippen LogP contribution in [-0.4, -0.2) is 18.5 Å². The van der Waals surface area contributed by atoms with Crippen molar-refractivity contribution in [3.63, 3.8) is 0 Å². The number of ether oxygens (including phenoxy) is 1.